The van der Waals surface area contributed by atoms with Crippen molar-refractivity contribution >= 4 is 29.0 Å². The molecule has 1 fully saturated rings. The van der Waals surface area contributed by atoms with E-state index in [0.717, 1.165) is 16.1 Å². The first-order valence-electron chi connectivity index (χ1n) is 7.20. The van der Waals surface area contributed by atoms with Crippen LogP contribution in [-0.2, 0) is 4.79 Å². The predicted molar refractivity (Wildman–Crippen MR) is 90.3 cm³/mol. The van der Waals surface area contributed by atoms with Crippen LogP contribution in [0.5, 0.6) is 0 Å². The van der Waals surface area contributed by atoms with Crippen molar-refractivity contribution in [2.24, 2.45) is 0 Å². The Balaban J connectivity index is 1.61. The molecule has 0 radical (unpaired) electrons. The second kappa shape index (κ2) is 6.99. The summed E-state index contributed by atoms with van der Waals surface area (Å²) in [5.41, 5.74) is 1.67. The molecule has 0 spiro atoms. The van der Waals surface area contributed by atoms with Gasteiger partial charge in [0.1, 0.15) is 0 Å². The summed E-state index contributed by atoms with van der Waals surface area (Å²) in [4.78, 5) is 25.6. The number of imide groups is 1. The van der Waals surface area contributed by atoms with Gasteiger partial charge in [0.25, 0.3) is 0 Å². The number of urea groups is 1. The molecule has 3 amide bonds. The molecule has 1 aliphatic rings. The lowest BCUT2D eigenvalue weighted by Gasteiger charge is -2.13. The Morgan fingerprint density at radius 1 is 1.30 bits per heavy atom. The number of carbonyl (C=O) groups is 2. The van der Waals surface area contributed by atoms with Crippen LogP contribution in [-0.4, -0.2) is 36.5 Å². The van der Waals surface area contributed by atoms with Gasteiger partial charge in [-0.05, 0) is 29.6 Å². The van der Waals surface area contributed by atoms with Crippen molar-refractivity contribution in [1.29, 1.82) is 0 Å². The number of amides is 3. The highest BCUT2D eigenvalue weighted by atomic mass is 32.1. The fraction of sp³-hybridized carbons (Fsp3) is 0.176. The summed E-state index contributed by atoms with van der Waals surface area (Å²) in [6.07, 6.45) is 0. The van der Waals surface area contributed by atoms with Crippen molar-refractivity contribution in [3.05, 3.63) is 52.2 Å². The van der Waals surface area contributed by atoms with Gasteiger partial charge in [0.2, 0.25) is 5.91 Å². The maximum absolute atomic E-state index is 12.0. The molecule has 116 valence electrons. The molecule has 1 saturated heterocycles. The summed E-state index contributed by atoms with van der Waals surface area (Å²) >= 11 is 1.60. The van der Waals surface area contributed by atoms with Crippen LogP contribution in [0.25, 0.3) is 0 Å². The van der Waals surface area contributed by atoms with Crippen molar-refractivity contribution in [3.8, 4) is 11.8 Å². The van der Waals surface area contributed by atoms with Crippen LogP contribution in [0.3, 0.4) is 0 Å². The summed E-state index contributed by atoms with van der Waals surface area (Å²) in [7, 11) is 0. The summed E-state index contributed by atoms with van der Waals surface area (Å²) in [6, 6.07) is 11.2. The van der Waals surface area contributed by atoms with Gasteiger partial charge in [-0.15, -0.1) is 11.3 Å². The Morgan fingerprint density at radius 3 is 2.96 bits per heavy atom. The minimum absolute atomic E-state index is 0.0786. The molecule has 5 nitrogen and oxygen atoms in total. The molecule has 0 bridgehead atoms. The van der Waals surface area contributed by atoms with E-state index in [9.17, 15) is 9.59 Å². The van der Waals surface area contributed by atoms with Crippen LogP contribution >= 0.6 is 11.3 Å². The van der Waals surface area contributed by atoms with Gasteiger partial charge in [0.15, 0.2) is 0 Å². The van der Waals surface area contributed by atoms with E-state index >= 15 is 0 Å². The van der Waals surface area contributed by atoms with E-state index in [1.807, 2.05) is 41.8 Å². The lowest BCUT2D eigenvalue weighted by molar-refractivity contribution is -0.125. The van der Waals surface area contributed by atoms with Crippen molar-refractivity contribution in [2.45, 2.75) is 0 Å². The van der Waals surface area contributed by atoms with Gasteiger partial charge < -0.3 is 10.6 Å². The van der Waals surface area contributed by atoms with Crippen LogP contribution in [0.4, 0.5) is 10.5 Å². The number of nitrogens with one attached hydrogen (secondary N) is 2. The standard InChI is InChI=1S/C17H15N3O2S/c21-16(20-9-8-18-17(20)22)12-19-14-4-1-3-13(11-14)6-7-15-5-2-10-23-15/h1-5,10-11,19H,8-9,12H2,(H,18,22). The predicted octanol–water partition coefficient (Wildman–Crippen LogP) is 2.11. The number of hydrogen-bond acceptors (Lipinski definition) is 4. The molecule has 2 N–H and O–H groups in total. The Labute approximate surface area is 138 Å². The topological polar surface area (TPSA) is 61.4 Å². The molecule has 0 saturated carbocycles. The first kappa shape index (κ1) is 15.1. The molecular weight excluding hydrogens is 310 g/mol. The van der Waals surface area contributed by atoms with Crippen molar-refractivity contribution < 1.29 is 9.59 Å². The molecule has 1 aromatic carbocycles. The Hall–Kier alpha value is -2.78. The van der Waals surface area contributed by atoms with Crippen LogP contribution in [0.15, 0.2) is 41.8 Å². The van der Waals surface area contributed by atoms with E-state index in [1.54, 1.807) is 11.3 Å². The SMILES string of the molecule is O=C(CNc1cccc(C#Cc2cccs2)c1)N1CCNC1=O. The third-order valence-corrected chi connectivity index (χ3v) is 4.10. The number of rotatable bonds is 3. The molecule has 1 aromatic heterocycles. The summed E-state index contributed by atoms with van der Waals surface area (Å²) in [6.45, 7) is 1.01. The van der Waals surface area contributed by atoms with Gasteiger partial charge in [-0.1, -0.05) is 24.0 Å². The van der Waals surface area contributed by atoms with Crippen LogP contribution in [0.1, 0.15) is 10.4 Å². The Bertz CT molecular complexity index is 775. The third-order valence-electron chi connectivity index (χ3n) is 3.32. The molecule has 3 rings (SSSR count). The zero-order chi connectivity index (χ0) is 16.1. The van der Waals surface area contributed by atoms with Gasteiger partial charge in [0, 0.05) is 24.3 Å². The molecule has 2 aromatic rings. The lowest BCUT2D eigenvalue weighted by Crippen LogP contribution is -2.37. The van der Waals surface area contributed by atoms with Gasteiger partial charge in [0.05, 0.1) is 11.4 Å². The maximum atomic E-state index is 12.0. The monoisotopic (exact) mass is 325 g/mol. The number of anilines is 1. The lowest BCUT2D eigenvalue weighted by atomic mass is 10.2. The molecular formula is C17H15N3O2S. The third kappa shape index (κ3) is 3.90. The van der Waals surface area contributed by atoms with Gasteiger partial charge in [-0.2, -0.15) is 0 Å². The average molecular weight is 325 g/mol. The van der Waals surface area contributed by atoms with Gasteiger partial charge in [-0.25, -0.2) is 4.79 Å². The zero-order valence-electron chi connectivity index (χ0n) is 12.3. The smallest absolute Gasteiger partial charge is 0.324 e. The number of nitrogens with zero attached hydrogens (tertiary/aromatic N) is 1. The number of benzene rings is 1. The fourth-order valence-electron chi connectivity index (χ4n) is 2.17. The zero-order valence-corrected chi connectivity index (χ0v) is 13.2. The van der Waals surface area contributed by atoms with Crippen LogP contribution in [0, 0.1) is 11.8 Å². The normalized spacial score (nSPS) is 13.2. The molecule has 6 heteroatoms. The van der Waals surface area contributed by atoms with E-state index in [2.05, 4.69) is 22.5 Å². The van der Waals surface area contributed by atoms with Crippen molar-refractivity contribution in [1.82, 2.24) is 10.2 Å². The maximum Gasteiger partial charge on any atom is 0.324 e. The largest absolute Gasteiger partial charge is 0.376 e. The number of carbonyl (C=O) groups excluding carboxylic acids is 2. The van der Waals surface area contributed by atoms with Crippen molar-refractivity contribution in [3.63, 3.8) is 0 Å². The van der Waals surface area contributed by atoms with Gasteiger partial charge >= 0.3 is 6.03 Å². The molecule has 0 atom stereocenters. The number of hydrogen-bond donors (Lipinski definition) is 2. The quantitative estimate of drug-likeness (QED) is 0.850. The molecule has 0 unspecified atom stereocenters. The molecule has 2 heterocycles. The second-order valence-electron chi connectivity index (χ2n) is 4.94. The van der Waals surface area contributed by atoms with E-state index in [1.165, 1.54) is 4.90 Å². The van der Waals surface area contributed by atoms with Gasteiger partial charge in [-0.3, -0.25) is 9.69 Å². The highest BCUT2D eigenvalue weighted by Gasteiger charge is 2.25. The van der Waals surface area contributed by atoms with E-state index < -0.39 is 0 Å². The summed E-state index contributed by atoms with van der Waals surface area (Å²) < 4.78 is 0. The summed E-state index contributed by atoms with van der Waals surface area (Å²) in [5.74, 6) is 5.95. The molecule has 23 heavy (non-hydrogen) atoms. The molecule has 1 aliphatic heterocycles. The fourth-order valence-corrected chi connectivity index (χ4v) is 2.74. The second-order valence-corrected chi connectivity index (χ2v) is 5.89. The van der Waals surface area contributed by atoms with Crippen LogP contribution < -0.4 is 10.6 Å². The van der Waals surface area contributed by atoms with Crippen LogP contribution in [0.2, 0.25) is 0 Å². The van der Waals surface area contributed by atoms with E-state index in [0.29, 0.717) is 13.1 Å². The average Bonchev–Trinajstić information content (AvgIpc) is 3.22. The first-order chi connectivity index (χ1) is 11.2. The first-order valence-corrected chi connectivity index (χ1v) is 8.08. The Kier molecular flexibility index (Phi) is 4.60. The van der Waals surface area contributed by atoms with E-state index in [-0.39, 0.29) is 18.5 Å². The Morgan fingerprint density at radius 2 is 2.22 bits per heavy atom. The highest BCUT2D eigenvalue weighted by Crippen LogP contribution is 2.11. The van der Waals surface area contributed by atoms with E-state index in [4.69, 9.17) is 0 Å². The molecule has 0 aliphatic carbocycles. The summed E-state index contributed by atoms with van der Waals surface area (Å²) in [5, 5.41) is 7.64. The minimum atomic E-state index is -0.327. The van der Waals surface area contributed by atoms with Crippen molar-refractivity contribution in [2.75, 3.05) is 25.0 Å². The number of thiophene rings is 1. The minimum Gasteiger partial charge on any atom is -0.376 e. The highest BCUT2D eigenvalue weighted by molar-refractivity contribution is 7.10.